The lowest BCUT2D eigenvalue weighted by atomic mass is 10.0. The molecule has 0 aliphatic heterocycles. The number of hydrogen-bond donors (Lipinski definition) is 1. The number of aryl methyl sites for hydroxylation is 1. The fraction of sp³-hybridized carbons (Fsp3) is 0.0400. The number of nitrogen functional groups attached to an aromatic ring is 1. The highest BCUT2D eigenvalue weighted by Crippen LogP contribution is 2.27. The molecule has 2 N–H and O–H groups in total. The standard InChI is InChI=1S/C25H19ClN4O2S/c1-17-10-12-22(13-11-17)33(31,32)29-25-23(18-6-3-2-4-7-18)24(28)19(15-27)16-30(25)21-9-5-8-20(26)14-21/h2-14,16H,28H2,1H3/b29-25-. The first-order chi connectivity index (χ1) is 15.8. The maximum absolute atomic E-state index is 13.3. The number of pyridine rings is 1. The first kappa shape index (κ1) is 22.3. The van der Waals surface area contributed by atoms with Crippen LogP contribution < -0.4 is 11.2 Å². The van der Waals surface area contributed by atoms with Crippen LogP contribution in [0.4, 0.5) is 5.69 Å². The molecule has 1 heterocycles. The zero-order chi connectivity index (χ0) is 23.6. The Bertz CT molecular complexity index is 1550. The molecule has 33 heavy (non-hydrogen) atoms. The molecular weight excluding hydrogens is 456 g/mol. The van der Waals surface area contributed by atoms with E-state index in [4.69, 9.17) is 17.3 Å². The Balaban J connectivity index is 2.16. The van der Waals surface area contributed by atoms with Gasteiger partial charge in [-0.2, -0.15) is 13.7 Å². The number of nitriles is 1. The van der Waals surface area contributed by atoms with Gasteiger partial charge in [-0.3, -0.25) is 4.57 Å². The molecule has 0 bridgehead atoms. The second kappa shape index (κ2) is 8.94. The Morgan fingerprint density at radius 1 is 1.00 bits per heavy atom. The summed E-state index contributed by atoms with van der Waals surface area (Å²) < 4.78 is 32.3. The Kier molecular flexibility index (Phi) is 6.05. The second-order valence-electron chi connectivity index (χ2n) is 7.36. The normalized spacial score (nSPS) is 11.8. The number of hydrogen-bond acceptors (Lipinski definition) is 4. The predicted molar refractivity (Wildman–Crippen MR) is 129 cm³/mol. The van der Waals surface area contributed by atoms with Gasteiger partial charge in [-0.05, 0) is 42.8 Å². The fourth-order valence-electron chi connectivity index (χ4n) is 3.40. The second-order valence-corrected chi connectivity index (χ2v) is 9.40. The molecule has 4 aromatic rings. The molecule has 0 fully saturated rings. The van der Waals surface area contributed by atoms with Crippen LogP contribution in [0.1, 0.15) is 11.1 Å². The van der Waals surface area contributed by atoms with Crippen molar-refractivity contribution in [2.24, 2.45) is 4.40 Å². The molecule has 164 valence electrons. The number of anilines is 1. The molecule has 0 saturated heterocycles. The van der Waals surface area contributed by atoms with Gasteiger partial charge in [-0.15, -0.1) is 4.40 Å². The van der Waals surface area contributed by atoms with Crippen LogP contribution >= 0.6 is 11.6 Å². The van der Waals surface area contributed by atoms with Crippen molar-refractivity contribution in [3.05, 3.63) is 107 Å². The van der Waals surface area contributed by atoms with Crippen molar-refractivity contribution in [1.82, 2.24) is 4.57 Å². The third-order valence-corrected chi connectivity index (χ3v) is 6.58. The minimum absolute atomic E-state index is 0.0488. The molecular formula is C25H19ClN4O2S. The van der Waals surface area contributed by atoms with Crippen LogP contribution in [0.2, 0.25) is 5.02 Å². The van der Waals surface area contributed by atoms with E-state index in [1.165, 1.54) is 22.9 Å². The summed E-state index contributed by atoms with van der Waals surface area (Å²) in [5.41, 5.74) is 9.18. The van der Waals surface area contributed by atoms with Gasteiger partial charge < -0.3 is 5.73 Å². The van der Waals surface area contributed by atoms with Crippen molar-refractivity contribution in [3.63, 3.8) is 0 Å². The Labute approximate surface area is 196 Å². The highest BCUT2D eigenvalue weighted by molar-refractivity contribution is 7.90. The summed E-state index contributed by atoms with van der Waals surface area (Å²) in [7, 11) is -4.10. The molecule has 1 aromatic heterocycles. The van der Waals surface area contributed by atoms with E-state index < -0.39 is 10.0 Å². The van der Waals surface area contributed by atoms with Crippen LogP contribution in [0.5, 0.6) is 0 Å². The van der Waals surface area contributed by atoms with Gasteiger partial charge in [0, 0.05) is 16.9 Å². The van der Waals surface area contributed by atoms with E-state index in [0.29, 0.717) is 21.8 Å². The number of benzene rings is 3. The third-order valence-electron chi connectivity index (χ3n) is 5.06. The molecule has 0 saturated carbocycles. The maximum atomic E-state index is 13.3. The van der Waals surface area contributed by atoms with Gasteiger partial charge in [0.05, 0.1) is 21.7 Å². The van der Waals surface area contributed by atoms with Gasteiger partial charge in [0.15, 0.2) is 5.49 Å². The van der Waals surface area contributed by atoms with Gasteiger partial charge in [0.25, 0.3) is 10.0 Å². The first-order valence-electron chi connectivity index (χ1n) is 9.94. The number of aromatic nitrogens is 1. The highest BCUT2D eigenvalue weighted by Gasteiger charge is 2.19. The topological polar surface area (TPSA) is 101 Å². The SMILES string of the molecule is Cc1ccc(S(=O)(=O)/N=c2/c(-c3ccccc3)c(N)c(C#N)cn2-c2cccc(Cl)c2)cc1. The lowest BCUT2D eigenvalue weighted by molar-refractivity contribution is 0.596. The van der Waals surface area contributed by atoms with Crippen LogP contribution in [-0.4, -0.2) is 13.0 Å². The van der Waals surface area contributed by atoms with E-state index >= 15 is 0 Å². The van der Waals surface area contributed by atoms with Gasteiger partial charge in [0.2, 0.25) is 0 Å². The molecule has 8 heteroatoms. The summed E-state index contributed by atoms with van der Waals surface area (Å²) in [6.07, 6.45) is 1.47. The van der Waals surface area contributed by atoms with Crippen molar-refractivity contribution < 1.29 is 8.42 Å². The van der Waals surface area contributed by atoms with E-state index in [0.717, 1.165) is 5.56 Å². The number of sulfonamides is 1. The Hall–Kier alpha value is -3.86. The summed E-state index contributed by atoms with van der Waals surface area (Å²) in [6.45, 7) is 1.87. The summed E-state index contributed by atoms with van der Waals surface area (Å²) >= 11 is 6.20. The van der Waals surface area contributed by atoms with Gasteiger partial charge in [0.1, 0.15) is 6.07 Å². The van der Waals surface area contributed by atoms with Crippen LogP contribution in [0, 0.1) is 18.3 Å². The van der Waals surface area contributed by atoms with Crippen molar-refractivity contribution in [1.29, 1.82) is 5.26 Å². The smallest absolute Gasteiger partial charge is 0.284 e. The average Bonchev–Trinajstić information content (AvgIpc) is 2.80. The molecule has 0 atom stereocenters. The molecule has 0 amide bonds. The van der Waals surface area contributed by atoms with Crippen molar-refractivity contribution in [3.8, 4) is 22.9 Å². The summed E-state index contributed by atoms with van der Waals surface area (Å²) in [5.74, 6) is 0. The quantitative estimate of drug-likeness (QED) is 0.456. The maximum Gasteiger partial charge on any atom is 0.284 e. The number of rotatable bonds is 4. The molecule has 4 rings (SSSR count). The summed E-state index contributed by atoms with van der Waals surface area (Å²) in [4.78, 5) is 0.0488. The molecule has 6 nitrogen and oxygen atoms in total. The minimum Gasteiger partial charge on any atom is -0.397 e. The van der Waals surface area contributed by atoms with Gasteiger partial charge in [-0.25, -0.2) is 0 Å². The van der Waals surface area contributed by atoms with E-state index in [2.05, 4.69) is 10.5 Å². The first-order valence-corrected chi connectivity index (χ1v) is 11.8. The molecule has 3 aromatic carbocycles. The van der Waals surface area contributed by atoms with E-state index in [1.807, 2.05) is 13.0 Å². The van der Waals surface area contributed by atoms with Crippen molar-refractivity contribution in [2.45, 2.75) is 11.8 Å². The molecule has 0 spiro atoms. The minimum atomic E-state index is -4.10. The van der Waals surface area contributed by atoms with E-state index in [1.54, 1.807) is 60.7 Å². The summed E-state index contributed by atoms with van der Waals surface area (Å²) in [5, 5.41) is 10.2. The molecule has 0 aliphatic carbocycles. The lowest BCUT2D eigenvalue weighted by Gasteiger charge is -2.16. The lowest BCUT2D eigenvalue weighted by Crippen LogP contribution is -2.25. The van der Waals surface area contributed by atoms with Gasteiger partial charge in [-0.1, -0.05) is 65.7 Å². The molecule has 0 radical (unpaired) electrons. The molecule has 0 aliphatic rings. The van der Waals surface area contributed by atoms with Crippen LogP contribution in [0.15, 0.2) is 94.4 Å². The largest absolute Gasteiger partial charge is 0.397 e. The van der Waals surface area contributed by atoms with Crippen molar-refractivity contribution >= 4 is 27.3 Å². The third kappa shape index (κ3) is 4.53. The number of nitrogens with two attached hydrogens (primary N) is 1. The van der Waals surface area contributed by atoms with E-state index in [-0.39, 0.29) is 21.6 Å². The fourth-order valence-corrected chi connectivity index (χ4v) is 4.58. The zero-order valence-corrected chi connectivity index (χ0v) is 19.2. The Morgan fingerprint density at radius 2 is 1.70 bits per heavy atom. The average molecular weight is 475 g/mol. The Morgan fingerprint density at radius 3 is 2.33 bits per heavy atom. The number of nitrogens with zero attached hydrogens (tertiary/aromatic N) is 3. The number of halogens is 1. The van der Waals surface area contributed by atoms with E-state index in [9.17, 15) is 13.7 Å². The summed E-state index contributed by atoms with van der Waals surface area (Å²) in [6, 6.07) is 24.4. The van der Waals surface area contributed by atoms with Crippen molar-refractivity contribution in [2.75, 3.05) is 5.73 Å². The zero-order valence-electron chi connectivity index (χ0n) is 17.6. The van der Waals surface area contributed by atoms with Gasteiger partial charge >= 0.3 is 0 Å². The highest BCUT2D eigenvalue weighted by atomic mass is 35.5. The van der Waals surface area contributed by atoms with Crippen LogP contribution in [0.3, 0.4) is 0 Å². The van der Waals surface area contributed by atoms with Crippen LogP contribution in [-0.2, 0) is 10.0 Å². The van der Waals surface area contributed by atoms with Crippen LogP contribution in [0.25, 0.3) is 16.8 Å². The monoisotopic (exact) mass is 474 g/mol. The predicted octanol–water partition coefficient (Wildman–Crippen LogP) is 4.85. The molecule has 0 unspecified atom stereocenters.